The van der Waals surface area contributed by atoms with Gasteiger partial charge in [0.2, 0.25) is 5.91 Å². The van der Waals surface area contributed by atoms with E-state index in [2.05, 4.69) is 0 Å². The Kier molecular flexibility index (Phi) is 6.45. The number of hydrogen-bond donors (Lipinski definition) is 1. The van der Waals surface area contributed by atoms with Gasteiger partial charge in [0.1, 0.15) is 0 Å². The minimum atomic E-state index is 0.193. The highest BCUT2D eigenvalue weighted by Crippen LogP contribution is 2.04. The number of rotatable bonds is 6. The number of carbonyl (C=O) groups excluding carboxylic acids is 1. The van der Waals surface area contributed by atoms with E-state index < -0.39 is 0 Å². The van der Waals surface area contributed by atoms with E-state index in [0.717, 1.165) is 6.54 Å². The Labute approximate surface area is 91.6 Å². The lowest BCUT2D eigenvalue weighted by Gasteiger charge is -2.21. The van der Waals surface area contributed by atoms with Gasteiger partial charge in [0, 0.05) is 25.9 Å². The summed E-state index contributed by atoms with van der Waals surface area (Å²) in [5, 5.41) is 0. The van der Waals surface area contributed by atoms with Gasteiger partial charge in [0.25, 0.3) is 0 Å². The maximum atomic E-state index is 11.6. The summed E-state index contributed by atoms with van der Waals surface area (Å²) in [5.74, 6) is 0.597. The van der Waals surface area contributed by atoms with Crippen molar-refractivity contribution in [1.29, 1.82) is 0 Å². The summed E-state index contributed by atoms with van der Waals surface area (Å²) >= 11 is 4.78. The van der Waals surface area contributed by atoms with Crippen LogP contribution < -0.4 is 5.73 Å². The normalized spacial score (nSPS) is 10.3. The monoisotopic (exact) mass is 216 g/mol. The smallest absolute Gasteiger partial charge is 0.222 e. The second-order valence-corrected chi connectivity index (χ2v) is 4.31. The Balaban J connectivity index is 3.99. The molecule has 0 radical (unpaired) electrons. The van der Waals surface area contributed by atoms with E-state index in [0.29, 0.717) is 30.3 Å². The van der Waals surface area contributed by atoms with Crippen LogP contribution in [0.3, 0.4) is 0 Å². The number of nitrogens with two attached hydrogens (primary N) is 1. The molecule has 82 valence electrons. The van der Waals surface area contributed by atoms with Crippen molar-refractivity contribution in [1.82, 2.24) is 4.90 Å². The Morgan fingerprint density at radius 3 is 2.43 bits per heavy atom. The van der Waals surface area contributed by atoms with Crippen LogP contribution in [-0.4, -0.2) is 28.9 Å². The molecule has 0 bridgehead atoms. The molecule has 0 aromatic rings. The fourth-order valence-electron chi connectivity index (χ4n) is 1.18. The molecule has 0 heterocycles. The molecule has 0 unspecified atom stereocenters. The number of thiocarbonyl (C=S) groups is 1. The van der Waals surface area contributed by atoms with E-state index in [1.54, 1.807) is 4.90 Å². The third kappa shape index (κ3) is 5.91. The van der Waals surface area contributed by atoms with E-state index in [1.165, 1.54) is 0 Å². The maximum Gasteiger partial charge on any atom is 0.222 e. The molecule has 0 aliphatic heterocycles. The van der Waals surface area contributed by atoms with Crippen LogP contribution in [0.15, 0.2) is 0 Å². The number of amides is 1. The molecule has 0 rings (SSSR count). The van der Waals surface area contributed by atoms with Gasteiger partial charge in [-0.25, -0.2) is 0 Å². The summed E-state index contributed by atoms with van der Waals surface area (Å²) in [7, 11) is 0. The summed E-state index contributed by atoms with van der Waals surface area (Å²) in [4.78, 5) is 13.9. The highest BCUT2D eigenvalue weighted by Gasteiger charge is 2.12. The second-order valence-electron chi connectivity index (χ2n) is 3.79. The summed E-state index contributed by atoms with van der Waals surface area (Å²) in [5.41, 5.74) is 5.39. The van der Waals surface area contributed by atoms with Crippen LogP contribution in [-0.2, 0) is 4.79 Å². The lowest BCUT2D eigenvalue weighted by Crippen LogP contribution is -2.34. The van der Waals surface area contributed by atoms with E-state index >= 15 is 0 Å². The van der Waals surface area contributed by atoms with Gasteiger partial charge in [-0.15, -0.1) is 0 Å². The molecule has 0 fully saturated rings. The molecule has 0 saturated heterocycles. The molecule has 3 nitrogen and oxygen atoms in total. The summed E-state index contributed by atoms with van der Waals surface area (Å²) in [6.07, 6.45) is 1.22. The standard InChI is InChI=1S/C10H20N2OS/c1-4-12(6-5-9(11)14)10(13)7-8(2)3/h8H,4-7H2,1-3H3,(H2,11,14). The van der Waals surface area contributed by atoms with E-state index in [4.69, 9.17) is 18.0 Å². The van der Waals surface area contributed by atoms with Crippen molar-refractivity contribution in [2.75, 3.05) is 13.1 Å². The van der Waals surface area contributed by atoms with Crippen LogP contribution in [0.2, 0.25) is 0 Å². The predicted molar refractivity (Wildman–Crippen MR) is 63.1 cm³/mol. The van der Waals surface area contributed by atoms with Crippen LogP contribution >= 0.6 is 12.2 Å². The fraction of sp³-hybridized carbons (Fsp3) is 0.800. The molecule has 2 N–H and O–H groups in total. The van der Waals surface area contributed by atoms with Crippen LogP contribution in [0, 0.1) is 5.92 Å². The molecular weight excluding hydrogens is 196 g/mol. The van der Waals surface area contributed by atoms with E-state index in [-0.39, 0.29) is 5.91 Å². The number of carbonyl (C=O) groups is 1. The molecule has 4 heteroatoms. The third-order valence-electron chi connectivity index (χ3n) is 1.95. The summed E-state index contributed by atoms with van der Waals surface area (Å²) in [6, 6.07) is 0. The average molecular weight is 216 g/mol. The van der Waals surface area contributed by atoms with E-state index in [1.807, 2.05) is 20.8 Å². The fourth-order valence-corrected chi connectivity index (χ4v) is 1.27. The molecular formula is C10H20N2OS. The quantitative estimate of drug-likeness (QED) is 0.685. The molecule has 0 aliphatic rings. The van der Waals surface area contributed by atoms with Crippen molar-refractivity contribution in [2.24, 2.45) is 11.7 Å². The Morgan fingerprint density at radius 1 is 1.50 bits per heavy atom. The van der Waals surface area contributed by atoms with Gasteiger partial charge in [0.05, 0.1) is 4.99 Å². The van der Waals surface area contributed by atoms with Gasteiger partial charge >= 0.3 is 0 Å². The zero-order valence-electron chi connectivity index (χ0n) is 9.25. The van der Waals surface area contributed by atoms with Crippen molar-refractivity contribution >= 4 is 23.1 Å². The first-order valence-corrected chi connectivity index (χ1v) is 5.44. The Bertz CT molecular complexity index is 204. The van der Waals surface area contributed by atoms with Gasteiger partial charge < -0.3 is 10.6 Å². The van der Waals surface area contributed by atoms with Gasteiger partial charge in [-0.05, 0) is 12.8 Å². The van der Waals surface area contributed by atoms with Crippen molar-refractivity contribution in [3.05, 3.63) is 0 Å². The predicted octanol–water partition coefficient (Wildman–Crippen LogP) is 1.56. The van der Waals surface area contributed by atoms with Crippen LogP contribution in [0.1, 0.15) is 33.6 Å². The molecule has 0 spiro atoms. The van der Waals surface area contributed by atoms with E-state index in [9.17, 15) is 4.79 Å². The first-order valence-electron chi connectivity index (χ1n) is 5.03. The van der Waals surface area contributed by atoms with Gasteiger partial charge in [-0.3, -0.25) is 4.79 Å². The van der Waals surface area contributed by atoms with Crippen molar-refractivity contribution in [3.8, 4) is 0 Å². The lowest BCUT2D eigenvalue weighted by atomic mass is 10.1. The lowest BCUT2D eigenvalue weighted by molar-refractivity contribution is -0.131. The molecule has 0 aliphatic carbocycles. The van der Waals surface area contributed by atoms with Crippen LogP contribution in [0.5, 0.6) is 0 Å². The summed E-state index contributed by atoms with van der Waals surface area (Å²) < 4.78 is 0. The van der Waals surface area contributed by atoms with Gasteiger partial charge in [-0.1, -0.05) is 26.1 Å². The van der Waals surface area contributed by atoms with Crippen molar-refractivity contribution in [3.63, 3.8) is 0 Å². The minimum absolute atomic E-state index is 0.193. The molecule has 0 aromatic carbocycles. The topological polar surface area (TPSA) is 46.3 Å². The molecule has 14 heavy (non-hydrogen) atoms. The third-order valence-corrected chi connectivity index (χ3v) is 2.15. The Morgan fingerprint density at radius 2 is 2.07 bits per heavy atom. The summed E-state index contributed by atoms with van der Waals surface area (Å²) in [6.45, 7) is 7.43. The largest absolute Gasteiger partial charge is 0.393 e. The van der Waals surface area contributed by atoms with Gasteiger partial charge in [-0.2, -0.15) is 0 Å². The average Bonchev–Trinajstić information content (AvgIpc) is 2.03. The highest BCUT2D eigenvalue weighted by molar-refractivity contribution is 7.80. The molecule has 0 atom stereocenters. The maximum absolute atomic E-state index is 11.6. The number of hydrogen-bond acceptors (Lipinski definition) is 2. The van der Waals surface area contributed by atoms with Crippen LogP contribution in [0.25, 0.3) is 0 Å². The van der Waals surface area contributed by atoms with Crippen LogP contribution in [0.4, 0.5) is 0 Å². The molecule has 1 amide bonds. The molecule has 0 aromatic heterocycles. The zero-order chi connectivity index (χ0) is 11.1. The second kappa shape index (κ2) is 6.76. The minimum Gasteiger partial charge on any atom is -0.393 e. The highest BCUT2D eigenvalue weighted by atomic mass is 32.1. The first kappa shape index (κ1) is 13.4. The SMILES string of the molecule is CCN(CCC(N)=S)C(=O)CC(C)C. The Hall–Kier alpha value is -0.640. The van der Waals surface area contributed by atoms with Crippen molar-refractivity contribution in [2.45, 2.75) is 33.6 Å². The zero-order valence-corrected chi connectivity index (χ0v) is 10.1. The number of nitrogens with zero attached hydrogens (tertiary/aromatic N) is 1. The molecule has 0 saturated carbocycles. The first-order chi connectivity index (χ1) is 6.47. The van der Waals surface area contributed by atoms with Crippen molar-refractivity contribution < 1.29 is 4.79 Å². The van der Waals surface area contributed by atoms with Gasteiger partial charge in [0.15, 0.2) is 0 Å².